The molecule has 3 rings (SSSR count). The Morgan fingerprint density at radius 3 is 2.89 bits per heavy atom. The second kappa shape index (κ2) is 3.87. The molecule has 2 aromatic rings. The van der Waals surface area contributed by atoms with Gasteiger partial charge in [-0.3, -0.25) is 9.59 Å². The number of carboxylic acids is 1. The van der Waals surface area contributed by atoms with Crippen molar-refractivity contribution in [1.82, 2.24) is 10.3 Å². The molecule has 2 heterocycles. The minimum atomic E-state index is -1.07. The van der Waals surface area contributed by atoms with E-state index in [-0.39, 0.29) is 5.92 Å². The number of H-pyrrole nitrogens is 1. The molecular formula is C13H12N2O3. The molecule has 0 aliphatic carbocycles. The lowest BCUT2D eigenvalue weighted by Gasteiger charge is -2.11. The van der Waals surface area contributed by atoms with E-state index in [1.165, 1.54) is 0 Å². The number of aromatic amines is 1. The van der Waals surface area contributed by atoms with Crippen LogP contribution < -0.4 is 5.32 Å². The van der Waals surface area contributed by atoms with Crippen molar-refractivity contribution in [3.05, 3.63) is 36.0 Å². The van der Waals surface area contributed by atoms with Crippen molar-refractivity contribution in [2.24, 2.45) is 5.92 Å². The number of carbonyl (C=O) groups excluding carboxylic acids is 1. The number of benzene rings is 1. The molecule has 3 N–H and O–H groups in total. The van der Waals surface area contributed by atoms with Crippen molar-refractivity contribution in [2.45, 2.75) is 5.92 Å². The molecule has 0 bridgehead atoms. The highest BCUT2D eigenvalue weighted by Gasteiger charge is 2.41. The molecule has 0 spiro atoms. The van der Waals surface area contributed by atoms with Gasteiger partial charge in [0, 0.05) is 29.6 Å². The van der Waals surface area contributed by atoms with Gasteiger partial charge in [-0.2, -0.15) is 0 Å². The highest BCUT2D eigenvalue weighted by Crippen LogP contribution is 2.33. The summed E-state index contributed by atoms with van der Waals surface area (Å²) in [6.45, 7) is 0.373. The van der Waals surface area contributed by atoms with E-state index < -0.39 is 17.8 Å². The number of hydrogen-bond donors (Lipinski definition) is 3. The molecule has 5 heteroatoms. The van der Waals surface area contributed by atoms with Gasteiger partial charge < -0.3 is 15.4 Å². The highest BCUT2D eigenvalue weighted by atomic mass is 16.4. The van der Waals surface area contributed by atoms with E-state index in [0.717, 1.165) is 16.5 Å². The average Bonchev–Trinajstić information content (AvgIpc) is 2.92. The molecule has 18 heavy (non-hydrogen) atoms. The monoisotopic (exact) mass is 244 g/mol. The predicted octanol–water partition coefficient (Wildman–Crippen LogP) is 1.08. The fourth-order valence-electron chi connectivity index (χ4n) is 2.60. The Kier molecular flexibility index (Phi) is 2.33. The number of aliphatic carboxylic acids is 1. The van der Waals surface area contributed by atoms with Crippen LogP contribution >= 0.6 is 0 Å². The van der Waals surface area contributed by atoms with Gasteiger partial charge in [-0.25, -0.2) is 0 Å². The Morgan fingerprint density at radius 2 is 2.11 bits per heavy atom. The smallest absolute Gasteiger partial charge is 0.316 e. The van der Waals surface area contributed by atoms with E-state index in [1.54, 1.807) is 6.20 Å². The van der Waals surface area contributed by atoms with Crippen LogP contribution in [0.2, 0.25) is 0 Å². The summed E-state index contributed by atoms with van der Waals surface area (Å²) in [5, 5.41) is 12.8. The number of para-hydroxylation sites is 1. The van der Waals surface area contributed by atoms with Crippen molar-refractivity contribution < 1.29 is 14.7 Å². The maximum atomic E-state index is 11.6. The van der Waals surface area contributed by atoms with Crippen molar-refractivity contribution in [3.63, 3.8) is 0 Å². The van der Waals surface area contributed by atoms with Gasteiger partial charge in [0.05, 0.1) is 0 Å². The largest absolute Gasteiger partial charge is 0.481 e. The number of rotatable bonds is 2. The summed E-state index contributed by atoms with van der Waals surface area (Å²) in [5.74, 6) is -2.78. The number of aromatic nitrogens is 1. The second-order valence-corrected chi connectivity index (χ2v) is 4.46. The third-order valence-corrected chi connectivity index (χ3v) is 3.47. The quantitative estimate of drug-likeness (QED) is 0.691. The van der Waals surface area contributed by atoms with E-state index in [1.807, 2.05) is 24.3 Å². The zero-order valence-electron chi connectivity index (χ0n) is 9.51. The average molecular weight is 244 g/mol. The fourth-order valence-corrected chi connectivity index (χ4v) is 2.60. The summed E-state index contributed by atoms with van der Waals surface area (Å²) in [6.07, 6.45) is 1.80. The summed E-state index contributed by atoms with van der Waals surface area (Å²) in [6, 6.07) is 7.68. The molecule has 0 saturated carbocycles. The van der Waals surface area contributed by atoms with Gasteiger partial charge in [0.15, 0.2) is 0 Å². The van der Waals surface area contributed by atoms with Crippen molar-refractivity contribution >= 4 is 22.8 Å². The van der Waals surface area contributed by atoms with E-state index in [9.17, 15) is 9.59 Å². The van der Waals surface area contributed by atoms with Crippen LogP contribution in [0.15, 0.2) is 30.5 Å². The molecule has 1 fully saturated rings. The number of hydrogen-bond acceptors (Lipinski definition) is 2. The normalized spacial score (nSPS) is 23.2. The maximum Gasteiger partial charge on any atom is 0.316 e. The van der Waals surface area contributed by atoms with Crippen LogP contribution in [0.3, 0.4) is 0 Å². The number of carboxylic acid groups (broad SMARTS) is 1. The summed E-state index contributed by atoms with van der Waals surface area (Å²) in [4.78, 5) is 25.8. The molecule has 0 radical (unpaired) electrons. The molecule has 92 valence electrons. The first kappa shape index (κ1) is 10.8. The van der Waals surface area contributed by atoms with Crippen LogP contribution in [0.4, 0.5) is 0 Å². The van der Waals surface area contributed by atoms with Gasteiger partial charge in [0.25, 0.3) is 0 Å². The van der Waals surface area contributed by atoms with Crippen LogP contribution in [-0.4, -0.2) is 28.5 Å². The van der Waals surface area contributed by atoms with Gasteiger partial charge in [-0.15, -0.1) is 0 Å². The van der Waals surface area contributed by atoms with Gasteiger partial charge >= 0.3 is 5.97 Å². The Morgan fingerprint density at radius 1 is 1.33 bits per heavy atom. The van der Waals surface area contributed by atoms with Crippen LogP contribution in [-0.2, 0) is 9.59 Å². The Labute approximate surface area is 103 Å². The Hall–Kier alpha value is -2.30. The third-order valence-electron chi connectivity index (χ3n) is 3.47. The first-order chi connectivity index (χ1) is 8.68. The molecule has 1 aromatic carbocycles. The SMILES string of the molecule is O=C(O)C1C(=O)NCC1c1c[nH]c2ccccc12. The molecule has 1 aliphatic heterocycles. The Bertz CT molecular complexity index is 632. The molecule has 1 aliphatic rings. The fraction of sp³-hybridized carbons (Fsp3) is 0.231. The van der Waals surface area contributed by atoms with Crippen LogP contribution in [0, 0.1) is 5.92 Å². The number of carbonyl (C=O) groups is 2. The summed E-state index contributed by atoms with van der Waals surface area (Å²) in [5.41, 5.74) is 1.84. The highest BCUT2D eigenvalue weighted by molar-refractivity contribution is 6.00. The second-order valence-electron chi connectivity index (χ2n) is 4.46. The third kappa shape index (κ3) is 1.48. The van der Waals surface area contributed by atoms with Crippen LogP contribution in [0.5, 0.6) is 0 Å². The molecular weight excluding hydrogens is 232 g/mol. The standard InChI is InChI=1S/C13H12N2O3/c16-12-11(13(17)18)9(6-15-12)8-5-14-10-4-2-1-3-7(8)10/h1-5,9,11,14H,6H2,(H,15,16)(H,17,18). The summed E-state index contributed by atoms with van der Waals surface area (Å²) < 4.78 is 0. The Balaban J connectivity index is 2.09. The van der Waals surface area contributed by atoms with E-state index in [0.29, 0.717) is 6.54 Å². The first-order valence-electron chi connectivity index (χ1n) is 5.75. The van der Waals surface area contributed by atoms with Gasteiger partial charge in [0.2, 0.25) is 5.91 Å². The van der Waals surface area contributed by atoms with Crippen molar-refractivity contribution in [1.29, 1.82) is 0 Å². The lowest BCUT2D eigenvalue weighted by molar-refractivity contribution is -0.145. The van der Waals surface area contributed by atoms with Gasteiger partial charge in [0.1, 0.15) is 5.92 Å². The molecule has 1 amide bonds. The lowest BCUT2D eigenvalue weighted by atomic mass is 9.88. The zero-order chi connectivity index (χ0) is 12.7. The molecule has 1 saturated heterocycles. The maximum absolute atomic E-state index is 11.6. The lowest BCUT2D eigenvalue weighted by Crippen LogP contribution is -2.26. The zero-order valence-corrected chi connectivity index (χ0v) is 9.51. The van der Waals surface area contributed by atoms with E-state index >= 15 is 0 Å². The first-order valence-corrected chi connectivity index (χ1v) is 5.75. The molecule has 2 unspecified atom stereocenters. The van der Waals surface area contributed by atoms with Crippen molar-refractivity contribution in [3.8, 4) is 0 Å². The molecule has 2 atom stereocenters. The van der Waals surface area contributed by atoms with E-state index in [2.05, 4.69) is 10.3 Å². The summed E-state index contributed by atoms with van der Waals surface area (Å²) >= 11 is 0. The number of amides is 1. The van der Waals surface area contributed by atoms with Crippen LogP contribution in [0.25, 0.3) is 10.9 Å². The minimum absolute atomic E-state index is 0.314. The molecule has 1 aromatic heterocycles. The van der Waals surface area contributed by atoms with E-state index in [4.69, 9.17) is 5.11 Å². The van der Waals surface area contributed by atoms with Crippen LogP contribution in [0.1, 0.15) is 11.5 Å². The number of nitrogens with one attached hydrogen (secondary N) is 2. The summed E-state index contributed by atoms with van der Waals surface area (Å²) in [7, 11) is 0. The van der Waals surface area contributed by atoms with Gasteiger partial charge in [-0.1, -0.05) is 18.2 Å². The van der Waals surface area contributed by atoms with Crippen molar-refractivity contribution in [2.75, 3.05) is 6.54 Å². The minimum Gasteiger partial charge on any atom is -0.481 e. The molecule has 5 nitrogen and oxygen atoms in total. The topological polar surface area (TPSA) is 82.2 Å². The number of fused-ring (bicyclic) bond motifs is 1. The van der Waals surface area contributed by atoms with Gasteiger partial charge in [-0.05, 0) is 11.6 Å². The predicted molar refractivity (Wildman–Crippen MR) is 65.2 cm³/mol.